The first-order chi connectivity index (χ1) is 18.4. The van der Waals surface area contributed by atoms with E-state index in [9.17, 15) is 14.0 Å². The van der Waals surface area contributed by atoms with E-state index < -0.39 is 6.04 Å². The SMILES string of the molecule is Cc1cc(CC(=O)N2C[C@H](Cc3ccccc3)C[C@H]2C(=O)Nc2ccc(Oc3ccc(F)cc3)cc2)on1. The van der Waals surface area contributed by atoms with Crippen LogP contribution in [0.4, 0.5) is 10.1 Å². The lowest BCUT2D eigenvalue weighted by Gasteiger charge is -2.23. The van der Waals surface area contributed by atoms with E-state index in [2.05, 4.69) is 22.6 Å². The lowest BCUT2D eigenvalue weighted by atomic mass is 9.96. The highest BCUT2D eigenvalue weighted by atomic mass is 19.1. The van der Waals surface area contributed by atoms with Crippen molar-refractivity contribution in [2.45, 2.75) is 32.2 Å². The van der Waals surface area contributed by atoms with Crippen LogP contribution in [0.2, 0.25) is 0 Å². The Kier molecular flexibility index (Phi) is 7.49. The third-order valence-electron chi connectivity index (χ3n) is 6.55. The summed E-state index contributed by atoms with van der Waals surface area (Å²) < 4.78 is 24.1. The van der Waals surface area contributed by atoms with Gasteiger partial charge in [0.1, 0.15) is 29.1 Å². The number of benzene rings is 3. The molecule has 1 N–H and O–H groups in total. The summed E-state index contributed by atoms with van der Waals surface area (Å²) in [5.74, 6) is 0.953. The molecular formula is C30H28FN3O4. The highest BCUT2D eigenvalue weighted by Crippen LogP contribution is 2.29. The van der Waals surface area contributed by atoms with Gasteiger partial charge in [-0.25, -0.2) is 4.39 Å². The largest absolute Gasteiger partial charge is 0.457 e. The van der Waals surface area contributed by atoms with Gasteiger partial charge in [0.05, 0.1) is 12.1 Å². The minimum absolute atomic E-state index is 0.0537. The van der Waals surface area contributed by atoms with Crippen molar-refractivity contribution in [3.63, 3.8) is 0 Å². The number of nitrogens with zero attached hydrogens (tertiary/aromatic N) is 2. The van der Waals surface area contributed by atoms with Crippen molar-refractivity contribution in [3.8, 4) is 11.5 Å². The summed E-state index contributed by atoms with van der Waals surface area (Å²) in [5, 5.41) is 6.81. The fourth-order valence-electron chi connectivity index (χ4n) is 4.76. The minimum Gasteiger partial charge on any atom is -0.457 e. The molecule has 1 aliphatic rings. The van der Waals surface area contributed by atoms with Crippen LogP contribution >= 0.6 is 0 Å². The maximum absolute atomic E-state index is 13.4. The number of ether oxygens (including phenoxy) is 1. The molecule has 2 atom stereocenters. The molecule has 2 amide bonds. The van der Waals surface area contributed by atoms with Crippen LogP contribution in [0.1, 0.15) is 23.4 Å². The molecule has 0 spiro atoms. The van der Waals surface area contributed by atoms with Crippen LogP contribution in [-0.4, -0.2) is 34.5 Å². The maximum atomic E-state index is 13.4. The van der Waals surface area contributed by atoms with Gasteiger partial charge in [-0.1, -0.05) is 35.5 Å². The standard InChI is InChI=1S/C30H28FN3O4/c1-20-15-27(38-33-20)18-29(35)34-19-22(16-21-5-3-2-4-6-21)17-28(34)30(36)32-24-9-13-26(14-10-24)37-25-11-7-23(31)8-12-25/h2-15,22,28H,16-19H2,1H3,(H,32,36)/t22-,28+/m1/s1. The normalized spacial score (nSPS) is 16.8. The Balaban J connectivity index is 1.27. The lowest BCUT2D eigenvalue weighted by Crippen LogP contribution is -2.43. The highest BCUT2D eigenvalue weighted by molar-refractivity contribution is 5.97. The summed E-state index contributed by atoms with van der Waals surface area (Å²) in [7, 11) is 0. The number of hydrogen-bond donors (Lipinski definition) is 1. The van der Waals surface area contributed by atoms with Crippen molar-refractivity contribution in [1.82, 2.24) is 10.1 Å². The van der Waals surface area contributed by atoms with Gasteiger partial charge in [-0.3, -0.25) is 9.59 Å². The smallest absolute Gasteiger partial charge is 0.247 e. The van der Waals surface area contributed by atoms with E-state index in [0.717, 1.165) is 6.42 Å². The van der Waals surface area contributed by atoms with Gasteiger partial charge in [0.15, 0.2) is 0 Å². The zero-order valence-electron chi connectivity index (χ0n) is 21.0. The zero-order chi connectivity index (χ0) is 26.5. The highest BCUT2D eigenvalue weighted by Gasteiger charge is 2.39. The van der Waals surface area contributed by atoms with Gasteiger partial charge in [-0.05, 0) is 79.8 Å². The Morgan fingerprint density at radius 3 is 2.37 bits per heavy atom. The van der Waals surface area contributed by atoms with Crippen molar-refractivity contribution < 1.29 is 23.2 Å². The summed E-state index contributed by atoms with van der Waals surface area (Å²) in [6, 6.07) is 23.9. The molecule has 0 bridgehead atoms. The van der Waals surface area contributed by atoms with Gasteiger partial charge >= 0.3 is 0 Å². The Morgan fingerprint density at radius 2 is 1.71 bits per heavy atom. The van der Waals surface area contributed by atoms with E-state index in [-0.39, 0.29) is 30.0 Å². The molecule has 0 unspecified atom stereocenters. The molecule has 5 rings (SSSR count). The average Bonchev–Trinajstić information content (AvgIpc) is 3.53. The molecule has 194 valence electrons. The number of anilines is 1. The van der Waals surface area contributed by atoms with Crippen molar-refractivity contribution in [1.29, 1.82) is 0 Å². The van der Waals surface area contributed by atoms with Gasteiger partial charge in [0, 0.05) is 18.3 Å². The molecule has 0 saturated carbocycles. The van der Waals surface area contributed by atoms with E-state index in [4.69, 9.17) is 9.26 Å². The molecule has 2 heterocycles. The molecule has 8 heteroatoms. The van der Waals surface area contributed by atoms with Crippen LogP contribution in [-0.2, 0) is 22.4 Å². The average molecular weight is 514 g/mol. The van der Waals surface area contributed by atoms with Crippen LogP contribution in [0.15, 0.2) is 89.5 Å². The van der Waals surface area contributed by atoms with Gasteiger partial charge in [0.2, 0.25) is 11.8 Å². The second-order valence-electron chi connectivity index (χ2n) is 9.53. The van der Waals surface area contributed by atoms with Gasteiger partial charge in [-0.15, -0.1) is 0 Å². The Morgan fingerprint density at radius 1 is 1.03 bits per heavy atom. The molecule has 7 nitrogen and oxygen atoms in total. The van der Waals surface area contributed by atoms with Crippen molar-refractivity contribution in [3.05, 3.63) is 108 Å². The number of carbonyl (C=O) groups is 2. The molecule has 38 heavy (non-hydrogen) atoms. The van der Waals surface area contributed by atoms with E-state index >= 15 is 0 Å². The van der Waals surface area contributed by atoms with Crippen LogP contribution in [0.5, 0.6) is 11.5 Å². The first kappa shape index (κ1) is 25.2. The number of amides is 2. The van der Waals surface area contributed by atoms with E-state index in [1.54, 1.807) is 54.3 Å². The first-order valence-corrected chi connectivity index (χ1v) is 12.5. The molecule has 4 aromatic rings. The lowest BCUT2D eigenvalue weighted by molar-refractivity contribution is -0.136. The molecule has 1 aliphatic heterocycles. The minimum atomic E-state index is -0.602. The second kappa shape index (κ2) is 11.3. The number of rotatable bonds is 8. The fourth-order valence-corrected chi connectivity index (χ4v) is 4.76. The summed E-state index contributed by atoms with van der Waals surface area (Å²) in [5.41, 5.74) is 2.47. The number of carbonyl (C=O) groups excluding carboxylic acids is 2. The number of aryl methyl sites for hydroxylation is 1. The molecule has 1 aromatic heterocycles. The van der Waals surface area contributed by atoms with Crippen LogP contribution in [0.3, 0.4) is 0 Å². The second-order valence-corrected chi connectivity index (χ2v) is 9.53. The topological polar surface area (TPSA) is 84.7 Å². The van der Waals surface area contributed by atoms with Crippen LogP contribution in [0, 0.1) is 18.7 Å². The van der Waals surface area contributed by atoms with Crippen LogP contribution in [0.25, 0.3) is 0 Å². The summed E-state index contributed by atoms with van der Waals surface area (Å²) in [6.45, 7) is 2.29. The molecule has 1 saturated heterocycles. The Hall–Kier alpha value is -4.46. The third-order valence-corrected chi connectivity index (χ3v) is 6.55. The molecule has 1 fully saturated rings. The van der Waals surface area contributed by atoms with Crippen molar-refractivity contribution >= 4 is 17.5 Å². The molecule has 0 aliphatic carbocycles. The van der Waals surface area contributed by atoms with Gasteiger partial charge < -0.3 is 19.5 Å². The van der Waals surface area contributed by atoms with Gasteiger partial charge in [0.25, 0.3) is 0 Å². The Labute approximate surface area is 220 Å². The van der Waals surface area contributed by atoms with Gasteiger partial charge in [-0.2, -0.15) is 0 Å². The molecular weight excluding hydrogens is 485 g/mol. The van der Waals surface area contributed by atoms with Crippen molar-refractivity contribution in [2.24, 2.45) is 5.92 Å². The summed E-state index contributed by atoms with van der Waals surface area (Å²) >= 11 is 0. The zero-order valence-corrected chi connectivity index (χ0v) is 21.0. The number of nitrogens with one attached hydrogen (secondary N) is 1. The first-order valence-electron chi connectivity index (χ1n) is 12.5. The predicted octanol–water partition coefficient (Wildman–Crippen LogP) is 5.56. The molecule has 3 aromatic carbocycles. The van der Waals surface area contributed by atoms with Crippen molar-refractivity contribution in [2.75, 3.05) is 11.9 Å². The number of halogens is 1. The summed E-state index contributed by atoms with van der Waals surface area (Å²) in [4.78, 5) is 28.3. The summed E-state index contributed by atoms with van der Waals surface area (Å²) in [6.07, 6.45) is 1.40. The maximum Gasteiger partial charge on any atom is 0.247 e. The monoisotopic (exact) mass is 513 g/mol. The number of hydrogen-bond acceptors (Lipinski definition) is 5. The number of likely N-dealkylation sites (tertiary alicyclic amines) is 1. The predicted molar refractivity (Wildman–Crippen MR) is 140 cm³/mol. The van der Waals surface area contributed by atoms with E-state index in [1.807, 2.05) is 18.2 Å². The van der Waals surface area contributed by atoms with Crippen LogP contribution < -0.4 is 10.1 Å². The molecule has 0 radical (unpaired) electrons. The van der Waals surface area contributed by atoms with E-state index in [0.29, 0.717) is 41.6 Å². The quantitative estimate of drug-likeness (QED) is 0.334. The number of aromatic nitrogens is 1. The van der Waals surface area contributed by atoms with E-state index in [1.165, 1.54) is 17.7 Å². The third kappa shape index (κ3) is 6.26. The Bertz CT molecular complexity index is 1390. The fraction of sp³-hybridized carbons (Fsp3) is 0.233.